The molecule has 1 saturated heterocycles. The number of carbonyl (C=O) groups excluding carboxylic acids is 1. The molecular weight excluding hydrogens is 286 g/mol. The Bertz CT molecular complexity index is 484. The highest BCUT2D eigenvalue weighted by Crippen LogP contribution is 2.29. The Labute approximate surface area is 131 Å². The molecule has 0 atom stereocenters. The Morgan fingerprint density at radius 1 is 1.43 bits per heavy atom. The molecule has 0 radical (unpaired) electrons. The molecule has 1 heterocycles. The van der Waals surface area contributed by atoms with Gasteiger partial charge in [0.1, 0.15) is 0 Å². The van der Waals surface area contributed by atoms with E-state index in [1.165, 1.54) is 11.3 Å². The molecule has 2 rings (SSSR count). The summed E-state index contributed by atoms with van der Waals surface area (Å²) in [6, 6.07) is 6.08. The van der Waals surface area contributed by atoms with Crippen molar-refractivity contribution in [2.75, 3.05) is 24.5 Å². The molecule has 4 nitrogen and oxygen atoms in total. The van der Waals surface area contributed by atoms with Gasteiger partial charge in [-0.25, -0.2) is 0 Å². The smallest absolute Gasteiger partial charge is 0.217 e. The summed E-state index contributed by atoms with van der Waals surface area (Å²) in [6.07, 6.45) is 2.55. The van der Waals surface area contributed by atoms with Crippen molar-refractivity contribution < 1.29 is 4.79 Å². The molecule has 3 N–H and O–H groups in total. The fourth-order valence-electron chi connectivity index (χ4n) is 2.93. The van der Waals surface area contributed by atoms with Gasteiger partial charge in [0, 0.05) is 36.8 Å². The van der Waals surface area contributed by atoms with E-state index < -0.39 is 0 Å². The molecule has 0 unspecified atom stereocenters. The molecular formula is C16H24ClN3O. The van der Waals surface area contributed by atoms with Gasteiger partial charge in [-0.1, -0.05) is 18.5 Å². The quantitative estimate of drug-likeness (QED) is 0.849. The number of piperidine rings is 1. The van der Waals surface area contributed by atoms with Gasteiger partial charge in [-0.3, -0.25) is 4.79 Å². The fourth-order valence-corrected chi connectivity index (χ4v) is 3.12. The van der Waals surface area contributed by atoms with E-state index in [0.717, 1.165) is 44.0 Å². The van der Waals surface area contributed by atoms with E-state index in [1.54, 1.807) is 0 Å². The molecule has 0 aliphatic carbocycles. The van der Waals surface area contributed by atoms with E-state index >= 15 is 0 Å². The average Bonchev–Trinajstić information content (AvgIpc) is 2.46. The van der Waals surface area contributed by atoms with Gasteiger partial charge in [-0.15, -0.1) is 0 Å². The Kier molecular flexibility index (Phi) is 5.88. The maximum atomic E-state index is 11.0. The SMILES string of the molecule is CCNCc1cc(Cl)ccc1N1CCC(CC(N)=O)CC1. The summed E-state index contributed by atoms with van der Waals surface area (Å²) in [7, 11) is 0. The minimum Gasteiger partial charge on any atom is -0.371 e. The van der Waals surface area contributed by atoms with Crippen molar-refractivity contribution in [3.05, 3.63) is 28.8 Å². The fraction of sp³-hybridized carbons (Fsp3) is 0.562. The normalized spacial score (nSPS) is 16.2. The van der Waals surface area contributed by atoms with E-state index in [0.29, 0.717) is 12.3 Å². The van der Waals surface area contributed by atoms with Gasteiger partial charge in [0.25, 0.3) is 0 Å². The second-order valence-electron chi connectivity index (χ2n) is 5.65. The molecule has 1 aromatic rings. The molecule has 5 heteroatoms. The van der Waals surface area contributed by atoms with Gasteiger partial charge < -0.3 is 16.0 Å². The number of rotatable bonds is 6. The van der Waals surface area contributed by atoms with Crippen LogP contribution in [-0.4, -0.2) is 25.5 Å². The second-order valence-corrected chi connectivity index (χ2v) is 6.09. The number of hydrogen-bond donors (Lipinski definition) is 2. The van der Waals surface area contributed by atoms with Gasteiger partial charge in [0.15, 0.2) is 0 Å². The largest absolute Gasteiger partial charge is 0.371 e. The van der Waals surface area contributed by atoms with Crippen LogP contribution in [0.2, 0.25) is 5.02 Å². The molecule has 0 bridgehead atoms. The molecule has 116 valence electrons. The van der Waals surface area contributed by atoms with Crippen LogP contribution in [0.1, 0.15) is 31.7 Å². The number of hydrogen-bond acceptors (Lipinski definition) is 3. The van der Waals surface area contributed by atoms with E-state index in [4.69, 9.17) is 17.3 Å². The number of anilines is 1. The van der Waals surface area contributed by atoms with Crippen molar-refractivity contribution >= 4 is 23.2 Å². The van der Waals surface area contributed by atoms with Crippen molar-refractivity contribution in [1.29, 1.82) is 0 Å². The van der Waals surface area contributed by atoms with Crippen LogP contribution in [0.4, 0.5) is 5.69 Å². The Balaban J connectivity index is 2.03. The Morgan fingerprint density at radius 3 is 2.76 bits per heavy atom. The number of benzene rings is 1. The van der Waals surface area contributed by atoms with E-state index in [-0.39, 0.29) is 5.91 Å². The monoisotopic (exact) mass is 309 g/mol. The predicted molar refractivity (Wildman–Crippen MR) is 87.6 cm³/mol. The van der Waals surface area contributed by atoms with Crippen molar-refractivity contribution in [3.63, 3.8) is 0 Å². The number of primary amides is 1. The van der Waals surface area contributed by atoms with Crippen LogP contribution in [0.5, 0.6) is 0 Å². The molecule has 1 aliphatic rings. The van der Waals surface area contributed by atoms with Gasteiger partial charge in [-0.05, 0) is 49.1 Å². The maximum Gasteiger partial charge on any atom is 0.217 e. The van der Waals surface area contributed by atoms with Crippen LogP contribution in [-0.2, 0) is 11.3 Å². The zero-order chi connectivity index (χ0) is 15.2. The molecule has 0 spiro atoms. The first-order chi connectivity index (χ1) is 10.1. The van der Waals surface area contributed by atoms with Crippen LogP contribution in [0.25, 0.3) is 0 Å². The van der Waals surface area contributed by atoms with Crippen LogP contribution in [0, 0.1) is 5.92 Å². The van der Waals surface area contributed by atoms with Crippen molar-refractivity contribution in [3.8, 4) is 0 Å². The molecule has 1 fully saturated rings. The van der Waals surface area contributed by atoms with E-state index in [9.17, 15) is 4.79 Å². The summed E-state index contributed by atoms with van der Waals surface area (Å²) >= 11 is 6.12. The average molecular weight is 310 g/mol. The maximum absolute atomic E-state index is 11.0. The summed E-state index contributed by atoms with van der Waals surface area (Å²) in [4.78, 5) is 13.4. The predicted octanol–water partition coefficient (Wildman–Crippen LogP) is 2.54. The summed E-state index contributed by atoms with van der Waals surface area (Å²) in [5, 5.41) is 4.13. The topological polar surface area (TPSA) is 58.4 Å². The number of amides is 1. The lowest BCUT2D eigenvalue weighted by Crippen LogP contribution is -2.35. The highest BCUT2D eigenvalue weighted by molar-refractivity contribution is 6.30. The standard InChI is InChI=1S/C16H24ClN3O/c1-2-19-11-13-10-14(17)3-4-15(13)20-7-5-12(6-8-20)9-16(18)21/h3-4,10,12,19H,2,5-9,11H2,1H3,(H2,18,21). The van der Waals surface area contributed by atoms with Gasteiger partial charge >= 0.3 is 0 Å². The molecule has 21 heavy (non-hydrogen) atoms. The molecule has 1 aliphatic heterocycles. The van der Waals surface area contributed by atoms with Crippen molar-refractivity contribution in [2.24, 2.45) is 11.7 Å². The highest BCUT2D eigenvalue weighted by Gasteiger charge is 2.22. The number of nitrogens with one attached hydrogen (secondary N) is 1. The van der Waals surface area contributed by atoms with E-state index in [1.807, 2.05) is 12.1 Å². The summed E-state index contributed by atoms with van der Waals surface area (Å²) in [5.74, 6) is 0.246. The van der Waals surface area contributed by atoms with E-state index in [2.05, 4.69) is 23.2 Å². The second kappa shape index (κ2) is 7.66. The van der Waals surface area contributed by atoms with Crippen LogP contribution in [0.3, 0.4) is 0 Å². The third-order valence-electron chi connectivity index (χ3n) is 4.05. The Hall–Kier alpha value is -1.26. The van der Waals surface area contributed by atoms with Gasteiger partial charge in [0.2, 0.25) is 5.91 Å². The van der Waals surface area contributed by atoms with Crippen LogP contribution < -0.4 is 16.0 Å². The van der Waals surface area contributed by atoms with Crippen molar-refractivity contribution in [1.82, 2.24) is 5.32 Å². The first-order valence-corrected chi connectivity index (χ1v) is 8.00. The van der Waals surface area contributed by atoms with Crippen LogP contribution >= 0.6 is 11.6 Å². The third-order valence-corrected chi connectivity index (χ3v) is 4.29. The lowest BCUT2D eigenvalue weighted by Gasteiger charge is -2.34. The molecule has 1 aromatic carbocycles. The summed E-state index contributed by atoms with van der Waals surface area (Å²) < 4.78 is 0. The van der Waals surface area contributed by atoms with Crippen LogP contribution in [0.15, 0.2) is 18.2 Å². The highest BCUT2D eigenvalue weighted by atomic mass is 35.5. The van der Waals surface area contributed by atoms with Crippen molar-refractivity contribution in [2.45, 2.75) is 32.7 Å². The third kappa shape index (κ3) is 4.61. The summed E-state index contributed by atoms with van der Waals surface area (Å²) in [6.45, 7) is 5.80. The Morgan fingerprint density at radius 2 is 2.14 bits per heavy atom. The minimum absolute atomic E-state index is 0.187. The first kappa shape index (κ1) is 16.1. The molecule has 1 amide bonds. The number of nitrogens with two attached hydrogens (primary N) is 1. The van der Waals surface area contributed by atoms with Gasteiger partial charge in [0.05, 0.1) is 0 Å². The zero-order valence-electron chi connectivity index (χ0n) is 12.6. The summed E-state index contributed by atoms with van der Waals surface area (Å²) in [5.41, 5.74) is 7.77. The number of halogens is 1. The lowest BCUT2D eigenvalue weighted by molar-refractivity contribution is -0.119. The minimum atomic E-state index is -0.187. The van der Waals surface area contributed by atoms with Gasteiger partial charge in [-0.2, -0.15) is 0 Å². The zero-order valence-corrected chi connectivity index (χ0v) is 13.3. The lowest BCUT2D eigenvalue weighted by atomic mass is 9.92. The number of nitrogens with zero attached hydrogens (tertiary/aromatic N) is 1. The molecule has 0 aromatic heterocycles. The molecule has 0 saturated carbocycles. The number of carbonyl (C=O) groups is 1. The first-order valence-electron chi connectivity index (χ1n) is 7.62.